The Kier molecular flexibility index (Phi) is 11.9. The number of pyridine rings is 1. The molecule has 15 nitrogen and oxygen atoms in total. The molecule has 9 rings (SSSR count). The molecule has 2 N–H and O–H groups in total. The molecule has 4 saturated heterocycles. The number of piperazine rings is 1. The van der Waals surface area contributed by atoms with Crippen molar-refractivity contribution in [2.45, 2.75) is 76.2 Å². The predicted molar refractivity (Wildman–Crippen MR) is 235 cm³/mol. The highest BCUT2D eigenvalue weighted by Gasteiger charge is 2.33. The Morgan fingerprint density at radius 2 is 1.56 bits per heavy atom. The van der Waals surface area contributed by atoms with Gasteiger partial charge in [0.05, 0.1) is 17.8 Å². The number of hydrogen-bond donors (Lipinski definition) is 2. The molecule has 7 heterocycles. The number of fused-ring (bicyclic) bond motifs is 1. The van der Waals surface area contributed by atoms with E-state index >= 15 is 0 Å². The van der Waals surface area contributed by atoms with Gasteiger partial charge < -0.3 is 34.4 Å². The number of likely N-dealkylation sites (tertiary alicyclic amines) is 1. The molecule has 15 heteroatoms. The maximum absolute atomic E-state index is 13.7. The Labute approximate surface area is 357 Å². The van der Waals surface area contributed by atoms with E-state index in [0.29, 0.717) is 55.2 Å². The number of imide groups is 1. The summed E-state index contributed by atoms with van der Waals surface area (Å²) in [4.78, 5) is 76.0. The number of amides is 4. The molecule has 4 aromatic rings. The highest BCUT2D eigenvalue weighted by Crippen LogP contribution is 2.36. The van der Waals surface area contributed by atoms with E-state index in [1.54, 1.807) is 25.2 Å². The van der Waals surface area contributed by atoms with Crippen LogP contribution in [0.25, 0.3) is 11.0 Å². The Hall–Kier alpha value is -5.57. The van der Waals surface area contributed by atoms with Crippen molar-refractivity contribution >= 4 is 57.8 Å². The van der Waals surface area contributed by atoms with Crippen LogP contribution in [0.3, 0.4) is 0 Å². The molecule has 0 spiro atoms. The molecule has 1 aliphatic carbocycles. The molecule has 5 aliphatic rings. The van der Waals surface area contributed by atoms with Crippen molar-refractivity contribution in [3.05, 3.63) is 66.1 Å². The number of nitrogens with one attached hydrogen (secondary N) is 2. The lowest BCUT2D eigenvalue weighted by Crippen LogP contribution is -2.52. The molecular formula is C46H59N11O4. The Bertz CT molecular complexity index is 2230. The van der Waals surface area contributed by atoms with E-state index in [-0.39, 0.29) is 35.6 Å². The summed E-state index contributed by atoms with van der Waals surface area (Å²) >= 11 is 0. The molecule has 1 aromatic carbocycles. The molecule has 1 saturated carbocycles. The molecule has 1 unspecified atom stereocenters. The number of rotatable bonds is 10. The molecule has 4 amide bonds. The van der Waals surface area contributed by atoms with Crippen molar-refractivity contribution in [1.29, 1.82) is 0 Å². The number of benzene rings is 1. The maximum atomic E-state index is 13.7. The van der Waals surface area contributed by atoms with Gasteiger partial charge in [-0.05, 0) is 99.8 Å². The van der Waals surface area contributed by atoms with Gasteiger partial charge in [0, 0.05) is 95.6 Å². The number of carbonyl (C=O) groups is 4. The predicted octanol–water partition coefficient (Wildman–Crippen LogP) is 5.18. The second kappa shape index (κ2) is 17.8. The van der Waals surface area contributed by atoms with Crippen molar-refractivity contribution in [2.75, 3.05) is 88.1 Å². The highest BCUT2D eigenvalue weighted by molar-refractivity contribution is 6.01. The Balaban J connectivity index is 0.716. The topological polar surface area (TPSA) is 152 Å². The van der Waals surface area contributed by atoms with Gasteiger partial charge in [-0.15, -0.1) is 0 Å². The third-order valence-corrected chi connectivity index (χ3v) is 13.8. The minimum absolute atomic E-state index is 0.0295. The second-order valence-electron chi connectivity index (χ2n) is 18.0. The molecule has 5 fully saturated rings. The zero-order valence-electron chi connectivity index (χ0n) is 35.6. The fraction of sp³-hybridized carbons (Fsp3) is 0.543. The fourth-order valence-corrected chi connectivity index (χ4v) is 10.3. The van der Waals surface area contributed by atoms with Crippen molar-refractivity contribution in [3.63, 3.8) is 0 Å². The average molecular weight is 830 g/mol. The standard InChI is InChI=1S/C46H59N11O4/c1-52(2)45(61)39-27-34-28-48-46(51-42(34)57(39)35-7-3-4-8-35)49-40-12-10-37(29-47-40)55-22-24-56(25-23-55)44(60)32-16-18-53(19-17-32)30-31-14-20-54(21-15-31)36-9-5-6-33(26-36)38-11-13-41(58)50-43(38)59/h5-6,9-10,12,26-29,31-32,35,38H,3-4,7-8,11,13-25,30H2,1-2H3,(H,50,58,59)(H,47,48,49,51). The minimum atomic E-state index is -0.261. The lowest BCUT2D eigenvalue weighted by atomic mass is 9.89. The summed E-state index contributed by atoms with van der Waals surface area (Å²) in [6.07, 6.45) is 13.1. The van der Waals surface area contributed by atoms with Crippen LogP contribution in [0, 0.1) is 11.8 Å². The fourth-order valence-electron chi connectivity index (χ4n) is 10.3. The SMILES string of the molecule is CN(C)C(=O)c1cc2cnc(Nc3ccc(N4CCN(C(=O)C5CCN(CC6CCN(c7cccc(C8CCC(=O)NC8=O)c7)CC6)CC5)CC4)cn3)nc2n1C1CCCC1. The van der Waals surface area contributed by atoms with Gasteiger partial charge in [0.15, 0.2) is 0 Å². The molecule has 3 aromatic heterocycles. The van der Waals surface area contributed by atoms with Crippen molar-refractivity contribution in [1.82, 2.24) is 39.5 Å². The molecule has 0 bridgehead atoms. The molecule has 61 heavy (non-hydrogen) atoms. The van der Waals surface area contributed by atoms with Crippen LogP contribution in [-0.2, 0) is 14.4 Å². The molecular weight excluding hydrogens is 771 g/mol. The number of anilines is 4. The van der Waals surface area contributed by atoms with Crippen molar-refractivity contribution < 1.29 is 19.2 Å². The van der Waals surface area contributed by atoms with Gasteiger partial charge in [0.25, 0.3) is 5.91 Å². The van der Waals surface area contributed by atoms with Crippen LogP contribution in [0.2, 0.25) is 0 Å². The van der Waals surface area contributed by atoms with Gasteiger partial charge in [-0.25, -0.2) is 9.97 Å². The van der Waals surface area contributed by atoms with E-state index in [0.717, 1.165) is 125 Å². The van der Waals surface area contributed by atoms with E-state index in [1.807, 2.05) is 30.5 Å². The quantitative estimate of drug-likeness (QED) is 0.204. The molecule has 1 atom stereocenters. The molecule has 0 radical (unpaired) electrons. The van der Waals surface area contributed by atoms with Crippen LogP contribution < -0.4 is 20.4 Å². The third-order valence-electron chi connectivity index (χ3n) is 13.8. The van der Waals surface area contributed by atoms with Crippen LogP contribution in [-0.4, -0.2) is 131 Å². The van der Waals surface area contributed by atoms with E-state index in [1.165, 1.54) is 0 Å². The Morgan fingerprint density at radius 3 is 2.26 bits per heavy atom. The van der Waals surface area contributed by atoms with E-state index < -0.39 is 0 Å². The largest absolute Gasteiger partial charge is 0.372 e. The monoisotopic (exact) mass is 829 g/mol. The summed E-state index contributed by atoms with van der Waals surface area (Å²) < 4.78 is 2.12. The first-order chi connectivity index (χ1) is 29.7. The zero-order chi connectivity index (χ0) is 42.0. The van der Waals surface area contributed by atoms with Gasteiger partial charge >= 0.3 is 0 Å². The third kappa shape index (κ3) is 8.93. The van der Waals surface area contributed by atoms with Gasteiger partial charge in [-0.1, -0.05) is 25.0 Å². The number of piperidine rings is 3. The van der Waals surface area contributed by atoms with E-state index in [4.69, 9.17) is 9.97 Å². The number of aromatic nitrogens is 4. The summed E-state index contributed by atoms with van der Waals surface area (Å²) in [5.41, 5.74) is 4.59. The van der Waals surface area contributed by atoms with Crippen LogP contribution in [0.15, 0.2) is 54.9 Å². The van der Waals surface area contributed by atoms with Crippen molar-refractivity contribution in [3.8, 4) is 0 Å². The second-order valence-corrected chi connectivity index (χ2v) is 18.0. The van der Waals surface area contributed by atoms with Gasteiger partial charge in [-0.2, -0.15) is 4.98 Å². The zero-order valence-corrected chi connectivity index (χ0v) is 35.6. The minimum Gasteiger partial charge on any atom is -0.372 e. The van der Waals surface area contributed by atoms with Crippen LogP contribution in [0.4, 0.5) is 23.1 Å². The number of nitrogens with zero attached hydrogens (tertiary/aromatic N) is 9. The summed E-state index contributed by atoms with van der Waals surface area (Å²) in [5.74, 6) is 1.47. The molecule has 322 valence electrons. The first-order valence-corrected chi connectivity index (χ1v) is 22.4. The summed E-state index contributed by atoms with van der Waals surface area (Å²) in [6.45, 7) is 7.97. The van der Waals surface area contributed by atoms with E-state index in [9.17, 15) is 19.2 Å². The average Bonchev–Trinajstić information content (AvgIpc) is 3.95. The first-order valence-electron chi connectivity index (χ1n) is 22.4. The molecule has 4 aliphatic heterocycles. The summed E-state index contributed by atoms with van der Waals surface area (Å²) in [6, 6.07) is 14.5. The summed E-state index contributed by atoms with van der Waals surface area (Å²) in [7, 11) is 3.56. The Morgan fingerprint density at radius 1 is 0.803 bits per heavy atom. The number of carbonyl (C=O) groups excluding carboxylic acids is 4. The van der Waals surface area contributed by atoms with E-state index in [2.05, 4.69) is 58.0 Å². The lowest BCUT2D eigenvalue weighted by Gasteiger charge is -2.40. The lowest BCUT2D eigenvalue weighted by molar-refractivity contribution is -0.137. The van der Waals surface area contributed by atoms with Crippen molar-refractivity contribution in [2.24, 2.45) is 11.8 Å². The number of hydrogen-bond acceptors (Lipinski definition) is 11. The van der Waals surface area contributed by atoms with Crippen LogP contribution in [0.5, 0.6) is 0 Å². The maximum Gasteiger partial charge on any atom is 0.270 e. The van der Waals surface area contributed by atoms with Crippen LogP contribution >= 0.6 is 0 Å². The van der Waals surface area contributed by atoms with Gasteiger partial charge in [-0.3, -0.25) is 24.5 Å². The van der Waals surface area contributed by atoms with Crippen LogP contribution in [0.1, 0.15) is 92.2 Å². The highest BCUT2D eigenvalue weighted by atomic mass is 16.2. The van der Waals surface area contributed by atoms with Gasteiger partial charge in [0.2, 0.25) is 23.7 Å². The summed E-state index contributed by atoms with van der Waals surface area (Å²) in [5, 5.41) is 6.62. The first kappa shape index (κ1) is 40.8. The smallest absolute Gasteiger partial charge is 0.270 e. The normalized spacial score (nSPS) is 21.3. The van der Waals surface area contributed by atoms with Gasteiger partial charge in [0.1, 0.15) is 17.2 Å².